The Balaban J connectivity index is 1.75. The molecule has 1 aromatic heterocycles. The molecule has 1 heterocycles. The Bertz CT molecular complexity index is 986. The van der Waals surface area contributed by atoms with E-state index in [-0.39, 0.29) is 11.5 Å². The maximum Gasteiger partial charge on any atom is 0.191 e. The highest BCUT2D eigenvalue weighted by Crippen LogP contribution is 2.29. The molecule has 0 N–H and O–H groups in total. The molecule has 0 atom stereocenters. The summed E-state index contributed by atoms with van der Waals surface area (Å²) in [6.07, 6.45) is 0. The first kappa shape index (κ1) is 20.7. The van der Waals surface area contributed by atoms with Crippen molar-refractivity contribution in [3.63, 3.8) is 0 Å². The smallest absolute Gasteiger partial charge is 0.191 e. The van der Waals surface area contributed by atoms with Crippen LogP contribution in [0.4, 0.5) is 0 Å². The van der Waals surface area contributed by atoms with Gasteiger partial charge in [0.25, 0.3) is 0 Å². The lowest BCUT2D eigenvalue weighted by Crippen LogP contribution is -2.06. The third-order valence-electron chi connectivity index (χ3n) is 4.42. The molecule has 0 bridgehead atoms. The van der Waals surface area contributed by atoms with E-state index in [2.05, 4.69) is 10.2 Å². The third kappa shape index (κ3) is 4.54. The molecule has 0 amide bonds. The molecule has 7 nitrogen and oxygen atoms in total. The van der Waals surface area contributed by atoms with E-state index in [0.29, 0.717) is 28.8 Å². The standard InChI is InChI=1S/C21H23N3O4S/c1-5-24-20(14-6-9-16(26-2)10-7-14)22-23-21(24)29-13-17(25)15-8-11-18(27-3)19(12-15)28-4/h6-12H,5,13H2,1-4H3. The lowest BCUT2D eigenvalue weighted by atomic mass is 10.1. The van der Waals surface area contributed by atoms with Gasteiger partial charge in [-0.2, -0.15) is 0 Å². The molecular formula is C21H23N3O4S. The monoisotopic (exact) mass is 413 g/mol. The Morgan fingerprint density at radius 1 is 0.966 bits per heavy atom. The van der Waals surface area contributed by atoms with Crippen LogP contribution in [-0.4, -0.2) is 47.6 Å². The second kappa shape index (κ2) is 9.47. The van der Waals surface area contributed by atoms with Gasteiger partial charge >= 0.3 is 0 Å². The van der Waals surface area contributed by atoms with Crippen molar-refractivity contribution in [2.45, 2.75) is 18.6 Å². The number of carbonyl (C=O) groups is 1. The molecule has 0 saturated carbocycles. The fourth-order valence-corrected chi connectivity index (χ4v) is 3.75. The fourth-order valence-electron chi connectivity index (χ4n) is 2.86. The Labute approximate surface area is 174 Å². The molecule has 29 heavy (non-hydrogen) atoms. The van der Waals surface area contributed by atoms with Crippen LogP contribution in [-0.2, 0) is 6.54 Å². The molecule has 3 rings (SSSR count). The minimum Gasteiger partial charge on any atom is -0.497 e. The third-order valence-corrected chi connectivity index (χ3v) is 5.39. The second-order valence-corrected chi connectivity index (χ2v) is 7.00. The van der Waals surface area contributed by atoms with Crippen molar-refractivity contribution in [1.82, 2.24) is 14.8 Å². The number of aromatic nitrogens is 3. The highest BCUT2D eigenvalue weighted by atomic mass is 32.2. The molecule has 0 aliphatic heterocycles. The molecule has 0 fully saturated rings. The number of thioether (sulfide) groups is 1. The van der Waals surface area contributed by atoms with Crippen LogP contribution in [0.15, 0.2) is 47.6 Å². The van der Waals surface area contributed by atoms with Crippen LogP contribution in [0.25, 0.3) is 11.4 Å². The molecule has 0 spiro atoms. The zero-order valence-electron chi connectivity index (χ0n) is 16.8. The van der Waals surface area contributed by atoms with Gasteiger partial charge < -0.3 is 18.8 Å². The summed E-state index contributed by atoms with van der Waals surface area (Å²) in [6, 6.07) is 12.8. The summed E-state index contributed by atoms with van der Waals surface area (Å²) in [4.78, 5) is 12.6. The lowest BCUT2D eigenvalue weighted by Gasteiger charge is -2.09. The van der Waals surface area contributed by atoms with Crippen LogP contribution < -0.4 is 14.2 Å². The normalized spacial score (nSPS) is 10.6. The van der Waals surface area contributed by atoms with Gasteiger partial charge in [-0.15, -0.1) is 10.2 Å². The minimum absolute atomic E-state index is 0.0207. The van der Waals surface area contributed by atoms with E-state index < -0.39 is 0 Å². The number of ketones is 1. The van der Waals surface area contributed by atoms with Gasteiger partial charge in [0.2, 0.25) is 0 Å². The molecule has 8 heteroatoms. The van der Waals surface area contributed by atoms with Gasteiger partial charge in [-0.3, -0.25) is 4.79 Å². The number of ether oxygens (including phenoxy) is 3. The number of benzene rings is 2. The van der Waals surface area contributed by atoms with Gasteiger partial charge in [-0.1, -0.05) is 11.8 Å². The zero-order valence-corrected chi connectivity index (χ0v) is 17.7. The molecule has 0 radical (unpaired) electrons. The van der Waals surface area contributed by atoms with Gasteiger partial charge in [-0.05, 0) is 49.4 Å². The number of nitrogens with zero attached hydrogens (tertiary/aromatic N) is 3. The Morgan fingerprint density at radius 3 is 2.31 bits per heavy atom. The van der Waals surface area contributed by atoms with Crippen molar-refractivity contribution in [3.8, 4) is 28.6 Å². The number of rotatable bonds is 9. The molecule has 0 saturated heterocycles. The number of hydrogen-bond donors (Lipinski definition) is 0. The van der Waals surface area contributed by atoms with E-state index in [0.717, 1.165) is 17.1 Å². The van der Waals surface area contributed by atoms with Crippen LogP contribution in [0, 0.1) is 0 Å². The average molecular weight is 413 g/mol. The van der Waals surface area contributed by atoms with Gasteiger partial charge in [0.1, 0.15) is 5.75 Å². The van der Waals surface area contributed by atoms with E-state index >= 15 is 0 Å². The summed E-state index contributed by atoms with van der Waals surface area (Å²) < 4.78 is 17.7. The van der Waals surface area contributed by atoms with Crippen molar-refractivity contribution in [3.05, 3.63) is 48.0 Å². The summed E-state index contributed by atoms with van der Waals surface area (Å²) in [6.45, 7) is 2.72. The van der Waals surface area contributed by atoms with Crippen molar-refractivity contribution < 1.29 is 19.0 Å². The van der Waals surface area contributed by atoms with Crippen LogP contribution >= 0.6 is 11.8 Å². The highest BCUT2D eigenvalue weighted by Gasteiger charge is 2.16. The molecular weight excluding hydrogens is 390 g/mol. The number of carbonyl (C=O) groups excluding carboxylic acids is 1. The summed E-state index contributed by atoms with van der Waals surface area (Å²) in [5.41, 5.74) is 1.51. The summed E-state index contributed by atoms with van der Waals surface area (Å²) in [5.74, 6) is 2.89. The van der Waals surface area contributed by atoms with Crippen LogP contribution in [0.1, 0.15) is 17.3 Å². The van der Waals surface area contributed by atoms with Gasteiger partial charge in [-0.25, -0.2) is 0 Å². The molecule has 152 valence electrons. The first-order chi connectivity index (χ1) is 14.1. The SMILES string of the molecule is CCn1c(SCC(=O)c2ccc(OC)c(OC)c2)nnc1-c1ccc(OC)cc1. The largest absolute Gasteiger partial charge is 0.497 e. The van der Waals surface area contributed by atoms with Crippen molar-refractivity contribution >= 4 is 17.5 Å². The quantitative estimate of drug-likeness (QED) is 0.388. The zero-order chi connectivity index (χ0) is 20.8. The second-order valence-electron chi connectivity index (χ2n) is 6.06. The van der Waals surface area contributed by atoms with Crippen molar-refractivity contribution in [2.24, 2.45) is 0 Å². The van der Waals surface area contributed by atoms with Crippen molar-refractivity contribution in [2.75, 3.05) is 27.1 Å². The number of hydrogen-bond acceptors (Lipinski definition) is 7. The lowest BCUT2D eigenvalue weighted by molar-refractivity contribution is 0.102. The summed E-state index contributed by atoms with van der Waals surface area (Å²) in [5, 5.41) is 9.30. The molecule has 0 aliphatic carbocycles. The first-order valence-electron chi connectivity index (χ1n) is 9.06. The van der Waals surface area contributed by atoms with E-state index in [9.17, 15) is 4.79 Å². The summed E-state index contributed by atoms with van der Waals surface area (Å²) in [7, 11) is 4.74. The molecule has 3 aromatic rings. The van der Waals surface area contributed by atoms with Gasteiger partial charge in [0, 0.05) is 17.7 Å². The topological polar surface area (TPSA) is 75.5 Å². The number of methoxy groups -OCH3 is 3. The average Bonchev–Trinajstić information content (AvgIpc) is 3.19. The maximum absolute atomic E-state index is 12.6. The fraction of sp³-hybridized carbons (Fsp3) is 0.286. The van der Waals surface area contributed by atoms with Crippen molar-refractivity contribution in [1.29, 1.82) is 0 Å². The van der Waals surface area contributed by atoms with E-state index in [4.69, 9.17) is 14.2 Å². The Hall–Kier alpha value is -3.00. The Kier molecular flexibility index (Phi) is 6.77. The van der Waals surface area contributed by atoms with Crippen LogP contribution in [0.3, 0.4) is 0 Å². The van der Waals surface area contributed by atoms with E-state index in [1.807, 2.05) is 35.8 Å². The predicted molar refractivity (Wildman–Crippen MR) is 112 cm³/mol. The van der Waals surface area contributed by atoms with Gasteiger partial charge in [0.05, 0.1) is 27.1 Å². The Morgan fingerprint density at radius 2 is 1.69 bits per heavy atom. The van der Waals surface area contributed by atoms with Crippen LogP contribution in [0.2, 0.25) is 0 Å². The van der Waals surface area contributed by atoms with Crippen LogP contribution in [0.5, 0.6) is 17.2 Å². The first-order valence-corrected chi connectivity index (χ1v) is 10.1. The molecule has 0 unspecified atom stereocenters. The van der Waals surface area contributed by atoms with Gasteiger partial charge in [0.15, 0.2) is 28.3 Å². The number of Topliss-reactive ketones (excluding diaryl/α,β-unsaturated/α-hetero) is 1. The maximum atomic E-state index is 12.6. The van der Waals surface area contributed by atoms with E-state index in [1.54, 1.807) is 39.5 Å². The van der Waals surface area contributed by atoms with E-state index in [1.165, 1.54) is 11.8 Å². The predicted octanol–water partition coefficient (Wildman–Crippen LogP) is 3.97. The highest BCUT2D eigenvalue weighted by molar-refractivity contribution is 7.99. The molecule has 2 aromatic carbocycles. The minimum atomic E-state index is -0.0207. The summed E-state index contributed by atoms with van der Waals surface area (Å²) >= 11 is 1.36. The molecule has 0 aliphatic rings.